The maximum atomic E-state index is 9.94. The van der Waals surface area contributed by atoms with Gasteiger partial charge in [0, 0.05) is 19.2 Å². The van der Waals surface area contributed by atoms with Gasteiger partial charge in [0.25, 0.3) is 0 Å². The van der Waals surface area contributed by atoms with Crippen molar-refractivity contribution in [1.82, 2.24) is 5.32 Å². The van der Waals surface area contributed by atoms with Crippen LogP contribution in [-0.2, 0) is 0 Å². The number of aliphatic hydroxyl groups excluding tert-OH is 2. The second kappa shape index (κ2) is 9.60. The van der Waals surface area contributed by atoms with Crippen LogP contribution in [0.5, 0.6) is 11.5 Å². The minimum atomic E-state index is -0.591. The SMILES string of the molecule is COc1ccc(OCC(O)CNC(CCO)C(C)C)cc1. The van der Waals surface area contributed by atoms with Crippen LogP contribution in [0.1, 0.15) is 20.3 Å². The molecule has 0 bridgehead atoms. The van der Waals surface area contributed by atoms with Gasteiger partial charge in [-0.25, -0.2) is 0 Å². The Hall–Kier alpha value is -1.30. The average Bonchev–Trinajstić information content (AvgIpc) is 2.49. The molecule has 0 fully saturated rings. The largest absolute Gasteiger partial charge is 0.497 e. The monoisotopic (exact) mass is 297 g/mol. The van der Waals surface area contributed by atoms with Crippen LogP contribution in [0.25, 0.3) is 0 Å². The third-order valence-electron chi connectivity index (χ3n) is 3.36. The number of rotatable bonds is 10. The summed E-state index contributed by atoms with van der Waals surface area (Å²) in [5.74, 6) is 1.88. The predicted octanol–water partition coefficient (Wildman–Crippen LogP) is 1.43. The van der Waals surface area contributed by atoms with E-state index in [0.717, 1.165) is 5.75 Å². The molecule has 0 saturated heterocycles. The number of aliphatic hydroxyl groups is 2. The van der Waals surface area contributed by atoms with Crippen LogP contribution in [0.4, 0.5) is 0 Å². The minimum Gasteiger partial charge on any atom is -0.497 e. The maximum Gasteiger partial charge on any atom is 0.119 e. The average molecular weight is 297 g/mol. The van der Waals surface area contributed by atoms with E-state index in [2.05, 4.69) is 19.2 Å². The van der Waals surface area contributed by atoms with Gasteiger partial charge in [-0.15, -0.1) is 0 Å². The zero-order chi connectivity index (χ0) is 15.7. The Balaban J connectivity index is 2.30. The van der Waals surface area contributed by atoms with Gasteiger partial charge in [0.15, 0.2) is 0 Å². The normalized spacial score (nSPS) is 14.0. The summed E-state index contributed by atoms with van der Waals surface area (Å²) in [4.78, 5) is 0. The van der Waals surface area contributed by atoms with Crippen molar-refractivity contribution < 1.29 is 19.7 Å². The summed E-state index contributed by atoms with van der Waals surface area (Å²) >= 11 is 0. The van der Waals surface area contributed by atoms with Crippen molar-refractivity contribution in [2.75, 3.05) is 26.9 Å². The molecule has 1 aromatic carbocycles. The van der Waals surface area contributed by atoms with E-state index in [-0.39, 0.29) is 19.3 Å². The zero-order valence-corrected chi connectivity index (χ0v) is 13.1. The lowest BCUT2D eigenvalue weighted by atomic mass is 10.0. The molecule has 0 amide bonds. The van der Waals surface area contributed by atoms with E-state index in [1.54, 1.807) is 7.11 Å². The number of benzene rings is 1. The van der Waals surface area contributed by atoms with E-state index in [1.165, 1.54) is 0 Å². The van der Waals surface area contributed by atoms with Gasteiger partial charge < -0.3 is 25.0 Å². The van der Waals surface area contributed by atoms with Gasteiger partial charge in [-0.3, -0.25) is 0 Å². The van der Waals surface area contributed by atoms with Crippen LogP contribution in [0.15, 0.2) is 24.3 Å². The van der Waals surface area contributed by atoms with Gasteiger partial charge in [-0.1, -0.05) is 13.8 Å². The highest BCUT2D eigenvalue weighted by Gasteiger charge is 2.14. The van der Waals surface area contributed by atoms with Crippen molar-refractivity contribution in [2.24, 2.45) is 5.92 Å². The van der Waals surface area contributed by atoms with Gasteiger partial charge >= 0.3 is 0 Å². The first kappa shape index (κ1) is 17.8. The van der Waals surface area contributed by atoms with Crippen molar-refractivity contribution in [3.63, 3.8) is 0 Å². The van der Waals surface area contributed by atoms with Gasteiger partial charge in [-0.2, -0.15) is 0 Å². The Morgan fingerprint density at radius 3 is 2.29 bits per heavy atom. The number of hydrogen-bond donors (Lipinski definition) is 3. The molecule has 0 aliphatic heterocycles. The highest BCUT2D eigenvalue weighted by Crippen LogP contribution is 2.17. The van der Waals surface area contributed by atoms with Crippen molar-refractivity contribution >= 4 is 0 Å². The smallest absolute Gasteiger partial charge is 0.119 e. The molecule has 0 radical (unpaired) electrons. The van der Waals surface area contributed by atoms with Gasteiger partial charge in [0.1, 0.15) is 24.2 Å². The van der Waals surface area contributed by atoms with Crippen molar-refractivity contribution in [3.8, 4) is 11.5 Å². The van der Waals surface area contributed by atoms with Crippen LogP contribution in [0, 0.1) is 5.92 Å². The summed E-state index contributed by atoms with van der Waals surface area (Å²) in [5, 5.41) is 22.2. The highest BCUT2D eigenvalue weighted by atomic mass is 16.5. The predicted molar refractivity (Wildman–Crippen MR) is 82.8 cm³/mol. The first-order valence-corrected chi connectivity index (χ1v) is 7.36. The van der Waals surface area contributed by atoms with Crippen molar-refractivity contribution in [1.29, 1.82) is 0 Å². The summed E-state index contributed by atoms with van der Waals surface area (Å²) < 4.78 is 10.6. The number of nitrogens with one attached hydrogen (secondary N) is 1. The van der Waals surface area contributed by atoms with E-state index in [4.69, 9.17) is 14.6 Å². The first-order chi connectivity index (χ1) is 10.1. The van der Waals surface area contributed by atoms with Crippen LogP contribution < -0.4 is 14.8 Å². The van der Waals surface area contributed by atoms with Gasteiger partial charge in [0.05, 0.1) is 7.11 Å². The third-order valence-corrected chi connectivity index (χ3v) is 3.36. The van der Waals surface area contributed by atoms with E-state index >= 15 is 0 Å². The topological polar surface area (TPSA) is 71.0 Å². The lowest BCUT2D eigenvalue weighted by Crippen LogP contribution is -2.41. The minimum absolute atomic E-state index is 0.147. The van der Waals surface area contributed by atoms with Crippen LogP contribution >= 0.6 is 0 Å². The molecule has 0 saturated carbocycles. The van der Waals surface area contributed by atoms with Gasteiger partial charge in [-0.05, 0) is 36.6 Å². The Labute approximate surface area is 126 Å². The van der Waals surface area contributed by atoms with Gasteiger partial charge in [0.2, 0.25) is 0 Å². The first-order valence-electron chi connectivity index (χ1n) is 7.36. The summed E-state index contributed by atoms with van der Waals surface area (Å²) in [6.07, 6.45) is 0.0936. The Morgan fingerprint density at radius 1 is 1.14 bits per heavy atom. The fourth-order valence-electron chi connectivity index (χ4n) is 2.02. The standard InChI is InChI=1S/C16H27NO4/c1-12(2)16(8-9-18)17-10-13(19)11-21-15-6-4-14(20-3)5-7-15/h4-7,12-13,16-19H,8-11H2,1-3H3. The molecular weight excluding hydrogens is 270 g/mol. The molecule has 0 spiro atoms. The third kappa shape index (κ3) is 6.80. The maximum absolute atomic E-state index is 9.94. The van der Waals surface area contributed by atoms with E-state index in [1.807, 2.05) is 24.3 Å². The number of ether oxygens (including phenoxy) is 2. The Morgan fingerprint density at radius 2 is 1.76 bits per heavy atom. The molecule has 0 aliphatic carbocycles. The molecule has 21 heavy (non-hydrogen) atoms. The van der Waals surface area contributed by atoms with Crippen molar-refractivity contribution in [3.05, 3.63) is 24.3 Å². The molecule has 1 aromatic rings. The molecule has 2 unspecified atom stereocenters. The lowest BCUT2D eigenvalue weighted by molar-refractivity contribution is 0.0995. The van der Waals surface area contributed by atoms with E-state index < -0.39 is 6.10 Å². The molecule has 0 heterocycles. The molecule has 0 aliphatic rings. The molecule has 120 valence electrons. The number of hydrogen-bond acceptors (Lipinski definition) is 5. The molecule has 5 heteroatoms. The van der Waals surface area contributed by atoms with Crippen LogP contribution in [0.2, 0.25) is 0 Å². The second-order valence-corrected chi connectivity index (χ2v) is 5.41. The zero-order valence-electron chi connectivity index (χ0n) is 13.1. The highest BCUT2D eigenvalue weighted by molar-refractivity contribution is 5.31. The molecular formula is C16H27NO4. The van der Waals surface area contributed by atoms with Crippen molar-refractivity contribution in [2.45, 2.75) is 32.4 Å². The molecule has 0 aromatic heterocycles. The Bertz CT molecular complexity index is 380. The summed E-state index contributed by atoms with van der Waals surface area (Å²) in [6, 6.07) is 7.45. The van der Waals surface area contributed by atoms with Crippen LogP contribution in [-0.4, -0.2) is 49.2 Å². The van der Waals surface area contributed by atoms with Crippen LogP contribution in [0.3, 0.4) is 0 Å². The molecule has 2 atom stereocenters. The molecule has 3 N–H and O–H groups in total. The fraction of sp³-hybridized carbons (Fsp3) is 0.625. The molecule has 1 rings (SSSR count). The molecule has 5 nitrogen and oxygen atoms in total. The summed E-state index contributed by atoms with van der Waals surface area (Å²) in [6.45, 7) is 5.00. The fourth-order valence-corrected chi connectivity index (χ4v) is 2.02. The second-order valence-electron chi connectivity index (χ2n) is 5.41. The number of methoxy groups -OCH3 is 1. The van der Waals surface area contributed by atoms with E-state index in [9.17, 15) is 5.11 Å². The Kier molecular flexibility index (Phi) is 8.12. The van der Waals surface area contributed by atoms with E-state index in [0.29, 0.717) is 24.6 Å². The summed E-state index contributed by atoms with van der Waals surface area (Å²) in [7, 11) is 1.61. The summed E-state index contributed by atoms with van der Waals surface area (Å²) in [5.41, 5.74) is 0. The lowest BCUT2D eigenvalue weighted by Gasteiger charge is -2.23. The quantitative estimate of drug-likeness (QED) is 0.609.